The molecule has 1 fully saturated rings. The number of nitrogens with one attached hydrogen (secondary N) is 3. The summed E-state index contributed by atoms with van der Waals surface area (Å²) in [7, 11) is 0. The topological polar surface area (TPSA) is 45.3 Å². The van der Waals surface area contributed by atoms with Crippen molar-refractivity contribution in [2.75, 3.05) is 5.32 Å². The van der Waals surface area contributed by atoms with Gasteiger partial charge in [-0.1, -0.05) is 48.6 Å². The normalized spacial score (nSPS) is 27.1. The zero-order valence-corrected chi connectivity index (χ0v) is 14.7. The Bertz CT molecular complexity index is 811. The van der Waals surface area contributed by atoms with Crippen LogP contribution >= 0.6 is 24.4 Å². The average Bonchev–Trinajstić information content (AvgIpc) is 2.54. The highest BCUT2D eigenvalue weighted by Gasteiger charge is 2.53. The van der Waals surface area contributed by atoms with Crippen molar-refractivity contribution in [1.29, 1.82) is 0 Å². The third-order valence-electron chi connectivity index (χ3n) is 4.47. The van der Waals surface area contributed by atoms with Gasteiger partial charge in [0.2, 0.25) is 0 Å². The standard InChI is InChI=1S/C18H17N3OS2/c1-18-14(16(23)19-11-7-3-2-4-8-11)15(20-17(24)21-18)12-9-5-6-10-13(12)22-18/h2-10,14-15H,1H3,(H,19,23)(H2,20,21,24)/t14-,15+,18+/m1/s1. The molecule has 2 aromatic rings. The Hall–Kier alpha value is -2.18. The van der Waals surface area contributed by atoms with Crippen LogP contribution in [0.3, 0.4) is 0 Å². The molecule has 24 heavy (non-hydrogen) atoms. The SMILES string of the molecule is C[C@]12NC(=S)N[C@@H](c3ccccc3O1)[C@@H]2C(=S)Nc1ccccc1. The molecule has 3 N–H and O–H groups in total. The summed E-state index contributed by atoms with van der Waals surface area (Å²) in [5.74, 6) is 0.751. The largest absolute Gasteiger partial charge is 0.467 e. The lowest BCUT2D eigenvalue weighted by Gasteiger charge is -2.51. The van der Waals surface area contributed by atoms with E-state index < -0.39 is 5.72 Å². The van der Waals surface area contributed by atoms with Crippen LogP contribution in [-0.2, 0) is 0 Å². The second-order valence-corrected chi connectivity index (χ2v) is 7.00. The van der Waals surface area contributed by atoms with E-state index in [0.717, 1.165) is 17.0 Å². The first-order valence-electron chi connectivity index (χ1n) is 7.79. The molecule has 0 aromatic heterocycles. The van der Waals surface area contributed by atoms with Gasteiger partial charge in [0, 0.05) is 11.3 Å². The van der Waals surface area contributed by atoms with E-state index in [9.17, 15) is 0 Å². The molecule has 2 heterocycles. The predicted molar refractivity (Wildman–Crippen MR) is 103 cm³/mol. The van der Waals surface area contributed by atoms with Crippen molar-refractivity contribution < 1.29 is 4.74 Å². The first-order valence-corrected chi connectivity index (χ1v) is 8.61. The van der Waals surface area contributed by atoms with Crippen LogP contribution in [0.4, 0.5) is 5.69 Å². The summed E-state index contributed by atoms with van der Waals surface area (Å²) in [5.41, 5.74) is 1.34. The second kappa shape index (κ2) is 5.72. The Labute approximate surface area is 151 Å². The molecule has 1 saturated heterocycles. The van der Waals surface area contributed by atoms with Crippen molar-refractivity contribution in [1.82, 2.24) is 10.6 Å². The maximum Gasteiger partial charge on any atom is 0.191 e. The van der Waals surface area contributed by atoms with Crippen LogP contribution < -0.4 is 20.7 Å². The minimum absolute atomic E-state index is 0.0302. The van der Waals surface area contributed by atoms with Crippen molar-refractivity contribution in [2.24, 2.45) is 5.92 Å². The Kier molecular flexibility index (Phi) is 3.66. The minimum atomic E-state index is -0.694. The number of ether oxygens (including phenoxy) is 1. The van der Waals surface area contributed by atoms with Gasteiger partial charge in [0.25, 0.3) is 0 Å². The number of para-hydroxylation sites is 2. The molecule has 6 heteroatoms. The van der Waals surface area contributed by atoms with E-state index in [4.69, 9.17) is 29.2 Å². The first kappa shape index (κ1) is 15.4. The summed E-state index contributed by atoms with van der Waals surface area (Å²) in [4.78, 5) is 0.714. The summed E-state index contributed by atoms with van der Waals surface area (Å²) in [6, 6.07) is 17.9. The molecule has 0 unspecified atom stereocenters. The van der Waals surface area contributed by atoms with Crippen molar-refractivity contribution in [3.8, 4) is 5.75 Å². The minimum Gasteiger partial charge on any atom is -0.467 e. The number of rotatable bonds is 2. The molecule has 0 spiro atoms. The van der Waals surface area contributed by atoms with E-state index in [-0.39, 0.29) is 12.0 Å². The number of hydrogen-bond donors (Lipinski definition) is 3. The zero-order chi connectivity index (χ0) is 16.7. The number of benzene rings is 2. The van der Waals surface area contributed by atoms with Crippen LogP contribution in [0.15, 0.2) is 54.6 Å². The quantitative estimate of drug-likeness (QED) is 0.718. The van der Waals surface area contributed by atoms with Gasteiger partial charge in [0.1, 0.15) is 5.75 Å². The zero-order valence-electron chi connectivity index (χ0n) is 13.1. The van der Waals surface area contributed by atoms with Gasteiger partial charge in [-0.3, -0.25) is 0 Å². The fourth-order valence-corrected chi connectivity index (χ4v) is 4.24. The molecule has 2 aromatic carbocycles. The first-order chi connectivity index (χ1) is 11.6. The second-order valence-electron chi connectivity index (χ2n) is 6.16. The monoisotopic (exact) mass is 355 g/mol. The molecule has 4 rings (SSSR count). The van der Waals surface area contributed by atoms with E-state index >= 15 is 0 Å². The smallest absolute Gasteiger partial charge is 0.191 e. The Balaban J connectivity index is 1.72. The molecule has 0 saturated carbocycles. The van der Waals surface area contributed by atoms with Gasteiger partial charge in [-0.15, -0.1) is 0 Å². The van der Waals surface area contributed by atoms with E-state index in [1.165, 1.54) is 0 Å². The van der Waals surface area contributed by atoms with E-state index in [2.05, 4.69) is 22.0 Å². The Morgan fingerprint density at radius 1 is 1.12 bits per heavy atom. The highest BCUT2D eigenvalue weighted by molar-refractivity contribution is 7.80. The lowest BCUT2D eigenvalue weighted by atomic mass is 9.80. The van der Waals surface area contributed by atoms with Gasteiger partial charge in [-0.05, 0) is 37.3 Å². The summed E-state index contributed by atoms with van der Waals surface area (Å²) >= 11 is 11.1. The fraction of sp³-hybridized carbons (Fsp3) is 0.222. The third kappa shape index (κ3) is 2.52. The lowest BCUT2D eigenvalue weighted by molar-refractivity contribution is -0.00402. The van der Waals surface area contributed by atoms with Crippen molar-refractivity contribution in [3.63, 3.8) is 0 Å². The molecule has 2 aliphatic rings. The molecule has 3 atom stereocenters. The van der Waals surface area contributed by atoms with Crippen LogP contribution in [0.5, 0.6) is 5.75 Å². The Morgan fingerprint density at radius 2 is 1.83 bits per heavy atom. The highest BCUT2D eigenvalue weighted by atomic mass is 32.1. The molecule has 2 aliphatic heterocycles. The van der Waals surface area contributed by atoms with Crippen molar-refractivity contribution >= 4 is 40.2 Å². The summed E-state index contributed by atoms with van der Waals surface area (Å²) in [6.45, 7) is 1.99. The van der Waals surface area contributed by atoms with Gasteiger partial charge in [0.05, 0.1) is 16.9 Å². The molecule has 0 aliphatic carbocycles. The average molecular weight is 355 g/mol. The van der Waals surface area contributed by atoms with E-state index in [0.29, 0.717) is 10.1 Å². The van der Waals surface area contributed by atoms with Gasteiger partial charge in [0.15, 0.2) is 10.8 Å². The van der Waals surface area contributed by atoms with Crippen molar-refractivity contribution in [2.45, 2.75) is 18.7 Å². The van der Waals surface area contributed by atoms with Crippen LogP contribution in [0.25, 0.3) is 0 Å². The summed E-state index contributed by atoms with van der Waals surface area (Å²) < 4.78 is 6.27. The number of thiocarbonyl (C=S) groups is 2. The maximum absolute atomic E-state index is 6.27. The fourth-order valence-electron chi connectivity index (χ4n) is 3.43. The third-order valence-corrected chi connectivity index (χ3v) is 5.05. The lowest BCUT2D eigenvalue weighted by Crippen LogP contribution is -2.70. The molecular weight excluding hydrogens is 338 g/mol. The molecule has 2 bridgehead atoms. The molecule has 0 radical (unpaired) electrons. The number of hydrogen-bond acceptors (Lipinski definition) is 3. The van der Waals surface area contributed by atoms with E-state index in [1.807, 2.05) is 55.5 Å². The van der Waals surface area contributed by atoms with Gasteiger partial charge in [-0.2, -0.15) is 0 Å². The Morgan fingerprint density at radius 3 is 2.62 bits per heavy atom. The van der Waals surface area contributed by atoms with Gasteiger partial charge >= 0.3 is 0 Å². The van der Waals surface area contributed by atoms with Crippen LogP contribution in [-0.4, -0.2) is 15.8 Å². The molecule has 122 valence electrons. The van der Waals surface area contributed by atoms with Crippen LogP contribution in [0.1, 0.15) is 18.5 Å². The number of fused-ring (bicyclic) bond motifs is 4. The molecular formula is C18H17N3OS2. The summed E-state index contributed by atoms with van der Waals surface area (Å²) in [5, 5.41) is 10.5. The molecule has 4 nitrogen and oxygen atoms in total. The highest BCUT2D eigenvalue weighted by Crippen LogP contribution is 2.45. The van der Waals surface area contributed by atoms with Gasteiger partial charge < -0.3 is 20.7 Å². The van der Waals surface area contributed by atoms with E-state index in [1.54, 1.807) is 0 Å². The summed E-state index contributed by atoms with van der Waals surface area (Å²) in [6.07, 6.45) is 0. The maximum atomic E-state index is 6.27. The van der Waals surface area contributed by atoms with Crippen molar-refractivity contribution in [3.05, 3.63) is 60.2 Å². The van der Waals surface area contributed by atoms with Crippen LogP contribution in [0, 0.1) is 5.92 Å². The molecule has 0 amide bonds. The predicted octanol–water partition coefficient (Wildman–Crippen LogP) is 3.37. The van der Waals surface area contributed by atoms with Crippen LogP contribution in [0.2, 0.25) is 0 Å². The van der Waals surface area contributed by atoms with Gasteiger partial charge in [-0.25, -0.2) is 0 Å². The number of anilines is 1.